The van der Waals surface area contributed by atoms with Crippen molar-refractivity contribution in [2.24, 2.45) is 5.73 Å². The number of carbonyl (C=O) groups excluding carboxylic acids is 1. The molecule has 7 heteroatoms. The van der Waals surface area contributed by atoms with Gasteiger partial charge in [-0.3, -0.25) is 9.69 Å². The van der Waals surface area contributed by atoms with E-state index in [0.717, 1.165) is 30.7 Å². The van der Waals surface area contributed by atoms with Gasteiger partial charge in [0.25, 0.3) is 0 Å². The van der Waals surface area contributed by atoms with Gasteiger partial charge in [-0.1, -0.05) is 6.42 Å². The van der Waals surface area contributed by atoms with Crippen molar-refractivity contribution in [3.05, 3.63) is 0 Å². The van der Waals surface area contributed by atoms with Crippen LogP contribution in [0.5, 0.6) is 0 Å². The molecule has 1 heterocycles. The summed E-state index contributed by atoms with van der Waals surface area (Å²) in [7, 11) is 0. The van der Waals surface area contributed by atoms with E-state index in [-0.39, 0.29) is 13.1 Å². The van der Waals surface area contributed by atoms with Crippen LogP contribution in [0.3, 0.4) is 0 Å². The lowest BCUT2D eigenvalue weighted by molar-refractivity contribution is -0.187. The largest absolute Gasteiger partial charge is 0.471 e. The van der Waals surface area contributed by atoms with E-state index in [0.29, 0.717) is 19.6 Å². The van der Waals surface area contributed by atoms with Crippen LogP contribution in [0.2, 0.25) is 0 Å². The van der Waals surface area contributed by atoms with Gasteiger partial charge in [0.1, 0.15) is 0 Å². The van der Waals surface area contributed by atoms with Gasteiger partial charge in [-0.25, -0.2) is 0 Å². The zero-order valence-electron chi connectivity index (χ0n) is 10.4. The number of piperazine rings is 1. The molecule has 0 bridgehead atoms. The van der Waals surface area contributed by atoms with Crippen LogP contribution in [0.1, 0.15) is 19.3 Å². The second kappa shape index (κ2) is 6.94. The predicted octanol–water partition coefficient (Wildman–Crippen LogP) is 0.822. The highest BCUT2D eigenvalue weighted by molar-refractivity contribution is 5.81. The van der Waals surface area contributed by atoms with Crippen LogP contribution in [0.25, 0.3) is 0 Å². The van der Waals surface area contributed by atoms with E-state index in [1.165, 1.54) is 0 Å². The Morgan fingerprint density at radius 3 is 2.17 bits per heavy atom. The summed E-state index contributed by atoms with van der Waals surface area (Å²) in [5.41, 5.74) is 5.38. The monoisotopic (exact) mass is 267 g/mol. The van der Waals surface area contributed by atoms with Gasteiger partial charge in [-0.15, -0.1) is 0 Å². The average Bonchev–Trinajstić information content (AvgIpc) is 2.33. The summed E-state index contributed by atoms with van der Waals surface area (Å²) in [6.45, 7) is 2.90. The Hall–Kier alpha value is -0.820. The molecule has 1 rings (SSSR count). The number of halogens is 3. The fourth-order valence-corrected chi connectivity index (χ4v) is 2.01. The fraction of sp³-hybridized carbons (Fsp3) is 0.909. The molecule has 0 saturated carbocycles. The fourth-order valence-electron chi connectivity index (χ4n) is 2.01. The van der Waals surface area contributed by atoms with Crippen LogP contribution < -0.4 is 5.73 Å². The Bertz CT molecular complexity index is 263. The molecule has 2 N–H and O–H groups in total. The first-order valence-electron chi connectivity index (χ1n) is 6.23. The zero-order chi connectivity index (χ0) is 13.6. The number of rotatable bonds is 5. The predicted molar refractivity (Wildman–Crippen MR) is 62.0 cm³/mol. The number of alkyl halides is 3. The summed E-state index contributed by atoms with van der Waals surface area (Å²) in [5, 5.41) is 0. The van der Waals surface area contributed by atoms with Crippen molar-refractivity contribution >= 4 is 5.91 Å². The van der Waals surface area contributed by atoms with Crippen molar-refractivity contribution in [3.63, 3.8) is 0 Å². The van der Waals surface area contributed by atoms with E-state index >= 15 is 0 Å². The van der Waals surface area contributed by atoms with Gasteiger partial charge in [-0.2, -0.15) is 13.2 Å². The van der Waals surface area contributed by atoms with Crippen molar-refractivity contribution in [1.82, 2.24) is 9.80 Å². The van der Waals surface area contributed by atoms with E-state index in [9.17, 15) is 18.0 Å². The van der Waals surface area contributed by atoms with Crippen LogP contribution in [0.15, 0.2) is 0 Å². The van der Waals surface area contributed by atoms with Gasteiger partial charge in [0.15, 0.2) is 0 Å². The summed E-state index contributed by atoms with van der Waals surface area (Å²) in [6.07, 6.45) is -1.72. The van der Waals surface area contributed by atoms with E-state index in [1.807, 2.05) is 0 Å². The van der Waals surface area contributed by atoms with Crippen LogP contribution in [-0.2, 0) is 4.79 Å². The molecule has 0 aromatic heterocycles. The lowest BCUT2D eigenvalue weighted by Crippen LogP contribution is -2.52. The second-order valence-electron chi connectivity index (χ2n) is 4.48. The molecule has 0 unspecified atom stereocenters. The molecule has 1 aliphatic heterocycles. The standard InChI is InChI=1S/C11H20F3N3O/c12-11(13,14)10(18)17-8-6-16(7-9-17)5-3-1-2-4-15/h1-9,15H2. The molecular weight excluding hydrogens is 247 g/mol. The van der Waals surface area contributed by atoms with Gasteiger partial charge in [0.2, 0.25) is 0 Å². The molecule has 1 amide bonds. The van der Waals surface area contributed by atoms with Crippen molar-refractivity contribution in [1.29, 1.82) is 0 Å². The number of amides is 1. The van der Waals surface area contributed by atoms with Crippen molar-refractivity contribution in [2.75, 3.05) is 39.3 Å². The summed E-state index contributed by atoms with van der Waals surface area (Å²) >= 11 is 0. The molecule has 4 nitrogen and oxygen atoms in total. The molecule has 0 spiro atoms. The van der Waals surface area contributed by atoms with E-state index < -0.39 is 12.1 Å². The molecule has 0 aromatic rings. The van der Waals surface area contributed by atoms with Crippen molar-refractivity contribution < 1.29 is 18.0 Å². The first-order valence-corrected chi connectivity index (χ1v) is 6.23. The molecule has 1 saturated heterocycles. The Labute approximate surface area is 105 Å². The van der Waals surface area contributed by atoms with Gasteiger partial charge < -0.3 is 10.6 Å². The highest BCUT2D eigenvalue weighted by Gasteiger charge is 2.42. The molecule has 1 aliphatic rings. The topological polar surface area (TPSA) is 49.6 Å². The Balaban J connectivity index is 2.22. The number of hydrogen-bond donors (Lipinski definition) is 1. The minimum absolute atomic E-state index is 0.162. The molecule has 18 heavy (non-hydrogen) atoms. The first-order chi connectivity index (χ1) is 8.45. The number of nitrogens with zero attached hydrogens (tertiary/aromatic N) is 2. The summed E-state index contributed by atoms with van der Waals surface area (Å²) in [6, 6.07) is 0. The van der Waals surface area contributed by atoms with Crippen LogP contribution in [0.4, 0.5) is 13.2 Å². The average molecular weight is 267 g/mol. The van der Waals surface area contributed by atoms with E-state index in [1.54, 1.807) is 0 Å². The molecule has 106 valence electrons. The third kappa shape index (κ3) is 4.81. The Morgan fingerprint density at radius 2 is 1.67 bits per heavy atom. The normalized spacial score (nSPS) is 18.1. The zero-order valence-corrected chi connectivity index (χ0v) is 10.4. The van der Waals surface area contributed by atoms with Gasteiger partial charge >= 0.3 is 12.1 Å². The molecule has 0 radical (unpaired) electrons. The maximum atomic E-state index is 12.2. The van der Waals surface area contributed by atoms with Crippen LogP contribution in [0, 0.1) is 0 Å². The van der Waals surface area contributed by atoms with Gasteiger partial charge in [0, 0.05) is 26.2 Å². The Kier molecular flexibility index (Phi) is 5.87. The van der Waals surface area contributed by atoms with Gasteiger partial charge in [0.05, 0.1) is 0 Å². The summed E-state index contributed by atoms with van der Waals surface area (Å²) in [5.74, 6) is -1.72. The second-order valence-corrected chi connectivity index (χ2v) is 4.48. The minimum Gasteiger partial charge on any atom is -0.332 e. The van der Waals surface area contributed by atoms with E-state index in [2.05, 4.69) is 4.90 Å². The Morgan fingerprint density at radius 1 is 1.06 bits per heavy atom. The third-order valence-corrected chi connectivity index (χ3v) is 3.08. The maximum absolute atomic E-state index is 12.2. The highest BCUT2D eigenvalue weighted by Crippen LogP contribution is 2.19. The van der Waals surface area contributed by atoms with Crippen LogP contribution in [-0.4, -0.2) is 61.2 Å². The SMILES string of the molecule is NCCCCCN1CCN(C(=O)C(F)(F)F)CC1. The third-order valence-electron chi connectivity index (χ3n) is 3.08. The number of unbranched alkanes of at least 4 members (excludes halogenated alkanes) is 2. The first kappa shape index (κ1) is 15.2. The van der Waals surface area contributed by atoms with Crippen molar-refractivity contribution in [2.45, 2.75) is 25.4 Å². The van der Waals surface area contributed by atoms with Gasteiger partial charge in [-0.05, 0) is 25.9 Å². The molecule has 0 aliphatic carbocycles. The lowest BCUT2D eigenvalue weighted by Gasteiger charge is -2.34. The van der Waals surface area contributed by atoms with E-state index in [4.69, 9.17) is 5.73 Å². The highest BCUT2D eigenvalue weighted by atomic mass is 19.4. The molecule has 0 atom stereocenters. The molecule has 0 aromatic carbocycles. The molecule has 1 fully saturated rings. The lowest BCUT2D eigenvalue weighted by atomic mass is 10.2. The quantitative estimate of drug-likeness (QED) is 0.750. The minimum atomic E-state index is -4.75. The smallest absolute Gasteiger partial charge is 0.332 e. The maximum Gasteiger partial charge on any atom is 0.471 e. The number of nitrogens with two attached hydrogens (primary N) is 1. The van der Waals surface area contributed by atoms with Crippen molar-refractivity contribution in [3.8, 4) is 0 Å². The summed E-state index contributed by atoms with van der Waals surface area (Å²) in [4.78, 5) is 14.0. The van der Waals surface area contributed by atoms with Crippen LogP contribution >= 0.6 is 0 Å². The number of carbonyl (C=O) groups is 1. The summed E-state index contributed by atoms with van der Waals surface area (Å²) < 4.78 is 36.6. The number of hydrogen-bond acceptors (Lipinski definition) is 3. The molecular formula is C11H20F3N3O.